The van der Waals surface area contributed by atoms with Gasteiger partial charge in [0.05, 0.1) is 17.8 Å². The fourth-order valence-electron chi connectivity index (χ4n) is 2.01. The number of hydrogen-bond donors (Lipinski definition) is 3. The monoisotopic (exact) mass is 375 g/mol. The molecule has 2 amide bonds. The second-order valence-electron chi connectivity index (χ2n) is 5.15. The normalized spacial score (nSPS) is 10.5. The van der Waals surface area contributed by atoms with Crippen molar-refractivity contribution in [2.24, 2.45) is 5.10 Å². The van der Waals surface area contributed by atoms with Crippen molar-refractivity contribution in [2.75, 3.05) is 6.61 Å². The van der Waals surface area contributed by atoms with Crippen molar-refractivity contribution in [3.63, 3.8) is 0 Å². The van der Waals surface area contributed by atoms with Crippen LogP contribution < -0.4 is 15.5 Å². The maximum Gasteiger partial charge on any atom is 0.329 e. The summed E-state index contributed by atoms with van der Waals surface area (Å²) in [5.41, 5.74) is 3.49. The second kappa shape index (κ2) is 9.43. The third-order valence-corrected chi connectivity index (χ3v) is 3.52. The smallest absolute Gasteiger partial charge is 0.329 e. The van der Waals surface area contributed by atoms with Gasteiger partial charge in [0, 0.05) is 6.54 Å². The molecule has 0 aromatic heterocycles. The van der Waals surface area contributed by atoms with Crippen LogP contribution in [0.2, 0.25) is 5.02 Å². The van der Waals surface area contributed by atoms with Gasteiger partial charge < -0.3 is 15.2 Å². The molecule has 2 rings (SSSR count). The zero-order valence-electron chi connectivity index (χ0n) is 14.0. The lowest BCUT2D eigenvalue weighted by atomic mass is 10.2. The standard InChI is InChI=1S/C18H18ClN3O4/c1-2-26-15-9-13(8-14(19)16(15)23)11-21-22-18(25)17(24)20-10-12-6-4-3-5-7-12/h3-9,11,23H,2,10H2,1H3,(H,20,24)(H,22,25)/b21-11-. The van der Waals surface area contributed by atoms with E-state index >= 15 is 0 Å². The van der Waals surface area contributed by atoms with E-state index in [1.54, 1.807) is 6.92 Å². The Kier molecular flexibility index (Phi) is 6.99. The van der Waals surface area contributed by atoms with E-state index in [-0.39, 0.29) is 23.1 Å². The number of phenolic OH excluding ortho intramolecular Hbond substituents is 1. The van der Waals surface area contributed by atoms with Gasteiger partial charge in [-0.05, 0) is 30.2 Å². The number of phenols is 1. The molecule has 0 bridgehead atoms. The van der Waals surface area contributed by atoms with Gasteiger partial charge in [0.1, 0.15) is 0 Å². The molecule has 8 heteroatoms. The largest absolute Gasteiger partial charge is 0.503 e. The Hall–Kier alpha value is -3.06. The lowest BCUT2D eigenvalue weighted by Gasteiger charge is -2.08. The maximum absolute atomic E-state index is 11.7. The molecule has 0 saturated carbocycles. The van der Waals surface area contributed by atoms with E-state index in [0.717, 1.165) is 5.56 Å². The molecular weight excluding hydrogens is 358 g/mol. The number of nitrogens with zero attached hydrogens (tertiary/aromatic N) is 1. The molecule has 0 radical (unpaired) electrons. The first-order valence-electron chi connectivity index (χ1n) is 7.81. The summed E-state index contributed by atoms with van der Waals surface area (Å²) in [5.74, 6) is -1.67. The molecule has 0 fully saturated rings. The van der Waals surface area contributed by atoms with Gasteiger partial charge in [0.25, 0.3) is 0 Å². The Morgan fingerprint density at radius 2 is 1.96 bits per heavy atom. The van der Waals surface area contributed by atoms with E-state index in [0.29, 0.717) is 12.2 Å². The van der Waals surface area contributed by atoms with E-state index in [2.05, 4.69) is 15.8 Å². The van der Waals surface area contributed by atoms with Crippen molar-refractivity contribution < 1.29 is 19.4 Å². The third-order valence-electron chi connectivity index (χ3n) is 3.23. The highest BCUT2D eigenvalue weighted by molar-refractivity contribution is 6.35. The minimum absolute atomic E-state index is 0.0873. The van der Waals surface area contributed by atoms with Crippen LogP contribution in [0.15, 0.2) is 47.6 Å². The number of carbonyl (C=O) groups is 2. The van der Waals surface area contributed by atoms with Crippen molar-refractivity contribution in [1.29, 1.82) is 0 Å². The Morgan fingerprint density at radius 3 is 2.65 bits per heavy atom. The Balaban J connectivity index is 1.91. The van der Waals surface area contributed by atoms with E-state index < -0.39 is 11.8 Å². The van der Waals surface area contributed by atoms with Crippen LogP contribution in [0.4, 0.5) is 0 Å². The van der Waals surface area contributed by atoms with Gasteiger partial charge >= 0.3 is 11.8 Å². The average Bonchev–Trinajstić information content (AvgIpc) is 2.64. The number of nitrogens with one attached hydrogen (secondary N) is 2. The number of hydrazone groups is 1. The zero-order valence-corrected chi connectivity index (χ0v) is 14.8. The predicted octanol–water partition coefficient (Wildman–Crippen LogP) is 2.21. The number of aromatic hydroxyl groups is 1. The number of benzene rings is 2. The number of amides is 2. The molecule has 0 atom stereocenters. The fourth-order valence-corrected chi connectivity index (χ4v) is 2.23. The maximum atomic E-state index is 11.7. The molecule has 0 aliphatic rings. The minimum Gasteiger partial charge on any atom is -0.503 e. The molecule has 2 aromatic carbocycles. The van der Waals surface area contributed by atoms with Crippen LogP contribution >= 0.6 is 11.6 Å². The summed E-state index contributed by atoms with van der Waals surface area (Å²) >= 11 is 5.90. The molecule has 0 heterocycles. The van der Waals surface area contributed by atoms with Crippen molar-refractivity contribution >= 4 is 29.6 Å². The van der Waals surface area contributed by atoms with Gasteiger partial charge in [-0.3, -0.25) is 9.59 Å². The molecule has 2 aromatic rings. The number of carbonyl (C=O) groups excluding carboxylic acids is 2. The van der Waals surface area contributed by atoms with Gasteiger partial charge in [0.2, 0.25) is 0 Å². The SMILES string of the molecule is CCOc1cc(/C=N\NC(=O)C(=O)NCc2ccccc2)cc(Cl)c1O. The molecule has 0 aliphatic carbocycles. The number of halogens is 1. The quantitative estimate of drug-likeness (QED) is 0.409. The van der Waals surface area contributed by atoms with Crippen molar-refractivity contribution in [1.82, 2.24) is 10.7 Å². The summed E-state index contributed by atoms with van der Waals surface area (Å²) in [7, 11) is 0. The van der Waals surface area contributed by atoms with Crippen LogP contribution in [0.25, 0.3) is 0 Å². The van der Waals surface area contributed by atoms with Gasteiger partial charge in [0.15, 0.2) is 11.5 Å². The van der Waals surface area contributed by atoms with Gasteiger partial charge in [-0.1, -0.05) is 41.9 Å². The molecule has 0 unspecified atom stereocenters. The summed E-state index contributed by atoms with van der Waals surface area (Å²) in [6.45, 7) is 2.35. The van der Waals surface area contributed by atoms with Gasteiger partial charge in [-0.25, -0.2) is 5.43 Å². The topological polar surface area (TPSA) is 100 Å². The van der Waals surface area contributed by atoms with E-state index in [1.165, 1.54) is 18.3 Å². The second-order valence-corrected chi connectivity index (χ2v) is 5.56. The van der Waals surface area contributed by atoms with Crippen LogP contribution in [0.5, 0.6) is 11.5 Å². The summed E-state index contributed by atoms with van der Waals surface area (Å²) in [6.07, 6.45) is 1.29. The van der Waals surface area contributed by atoms with E-state index in [4.69, 9.17) is 16.3 Å². The number of ether oxygens (including phenoxy) is 1. The van der Waals surface area contributed by atoms with Crippen LogP contribution in [-0.4, -0.2) is 29.7 Å². The summed E-state index contributed by atoms with van der Waals surface area (Å²) in [4.78, 5) is 23.4. The molecule has 7 nitrogen and oxygen atoms in total. The first-order chi connectivity index (χ1) is 12.5. The molecule has 0 aliphatic heterocycles. The summed E-state index contributed by atoms with van der Waals surface area (Å²) in [6, 6.07) is 12.2. The molecule has 0 saturated heterocycles. The summed E-state index contributed by atoms with van der Waals surface area (Å²) < 4.78 is 5.25. The van der Waals surface area contributed by atoms with Crippen LogP contribution in [0.3, 0.4) is 0 Å². The first kappa shape index (κ1) is 19.3. The molecule has 136 valence electrons. The molecule has 3 N–H and O–H groups in total. The first-order valence-corrected chi connectivity index (χ1v) is 8.19. The number of rotatable bonds is 6. The van der Waals surface area contributed by atoms with E-state index in [1.807, 2.05) is 30.3 Å². The zero-order chi connectivity index (χ0) is 18.9. The Bertz CT molecular complexity index is 810. The van der Waals surface area contributed by atoms with Crippen molar-refractivity contribution in [3.05, 3.63) is 58.6 Å². The third kappa shape index (κ3) is 5.49. The highest BCUT2D eigenvalue weighted by Crippen LogP contribution is 2.34. The molecule has 26 heavy (non-hydrogen) atoms. The lowest BCUT2D eigenvalue weighted by Crippen LogP contribution is -2.37. The van der Waals surface area contributed by atoms with Crippen LogP contribution in [0.1, 0.15) is 18.1 Å². The van der Waals surface area contributed by atoms with Gasteiger partial charge in [-0.15, -0.1) is 0 Å². The van der Waals surface area contributed by atoms with Crippen molar-refractivity contribution in [2.45, 2.75) is 13.5 Å². The lowest BCUT2D eigenvalue weighted by molar-refractivity contribution is -0.139. The predicted molar refractivity (Wildman–Crippen MR) is 98.3 cm³/mol. The van der Waals surface area contributed by atoms with Crippen LogP contribution in [0, 0.1) is 0 Å². The summed E-state index contributed by atoms with van der Waals surface area (Å²) in [5, 5.41) is 16.1. The van der Waals surface area contributed by atoms with Crippen molar-refractivity contribution in [3.8, 4) is 11.5 Å². The molecule has 0 spiro atoms. The Morgan fingerprint density at radius 1 is 1.23 bits per heavy atom. The van der Waals surface area contributed by atoms with E-state index in [9.17, 15) is 14.7 Å². The highest BCUT2D eigenvalue weighted by Gasteiger charge is 2.12. The number of hydrogen-bond acceptors (Lipinski definition) is 5. The molecular formula is C18H18ClN3O4. The fraction of sp³-hybridized carbons (Fsp3) is 0.167. The van der Waals surface area contributed by atoms with Gasteiger partial charge in [-0.2, -0.15) is 5.10 Å². The highest BCUT2D eigenvalue weighted by atomic mass is 35.5. The average molecular weight is 376 g/mol. The van der Waals surface area contributed by atoms with Crippen LogP contribution in [-0.2, 0) is 16.1 Å². The minimum atomic E-state index is -0.896. The Labute approximate surface area is 155 Å².